The number of carbonyl (C=O) groups excluding carboxylic acids is 1. The summed E-state index contributed by atoms with van der Waals surface area (Å²) in [4.78, 5) is 20.2. The van der Waals surface area contributed by atoms with Crippen molar-refractivity contribution < 1.29 is 23.4 Å². The Bertz CT molecular complexity index is 859. The summed E-state index contributed by atoms with van der Waals surface area (Å²) in [7, 11) is 1.28. The number of rotatable bonds is 6. The Hall–Kier alpha value is -3.09. The van der Waals surface area contributed by atoms with Crippen molar-refractivity contribution in [1.82, 2.24) is 9.97 Å². The molecule has 0 unspecified atom stereocenters. The maximum Gasteiger partial charge on any atom is 0.378 e. The van der Waals surface area contributed by atoms with Crippen molar-refractivity contribution in [2.45, 2.75) is 13.5 Å². The molecular formula is C17H16N2O5. The van der Waals surface area contributed by atoms with Crippen LogP contribution >= 0.6 is 0 Å². The molecule has 3 aromatic rings. The second kappa shape index (κ2) is 6.99. The maximum absolute atomic E-state index is 11.9. The molecule has 0 saturated heterocycles. The van der Waals surface area contributed by atoms with E-state index in [2.05, 4.69) is 9.97 Å². The van der Waals surface area contributed by atoms with Crippen LogP contribution in [0.15, 0.2) is 41.1 Å². The molecule has 7 nitrogen and oxygen atoms in total. The van der Waals surface area contributed by atoms with Gasteiger partial charge in [-0.05, 0) is 30.7 Å². The molecule has 0 fully saturated rings. The lowest BCUT2D eigenvalue weighted by molar-refractivity contribution is 0.0560. The van der Waals surface area contributed by atoms with Crippen LogP contribution in [0.1, 0.15) is 23.0 Å². The Morgan fingerprint density at radius 2 is 2.08 bits per heavy atom. The number of nitrogens with zero attached hydrogens (tertiary/aromatic N) is 2. The largest absolute Gasteiger partial charge is 0.482 e. The van der Waals surface area contributed by atoms with Crippen LogP contribution in [0.4, 0.5) is 0 Å². The number of carbonyl (C=O) groups is 1. The van der Waals surface area contributed by atoms with Crippen LogP contribution in [0.3, 0.4) is 0 Å². The Kier molecular flexibility index (Phi) is 4.60. The standard InChI is InChI=1S/C17H16N2O5/c1-3-22-13-9-11(6-8-18-13)10-23-15-14-12(5-4-7-19-14)24-16(15)17(20)21-2/h4-9H,3,10H2,1-2H3. The normalized spacial score (nSPS) is 10.6. The van der Waals surface area contributed by atoms with E-state index >= 15 is 0 Å². The highest BCUT2D eigenvalue weighted by atomic mass is 16.5. The molecule has 0 atom stereocenters. The minimum Gasteiger partial charge on any atom is -0.482 e. The average Bonchev–Trinajstić information content (AvgIpc) is 2.98. The molecule has 0 aliphatic carbocycles. The van der Waals surface area contributed by atoms with E-state index in [0.29, 0.717) is 23.6 Å². The SMILES string of the molecule is CCOc1cc(COc2c(C(=O)OC)oc3cccnc23)ccn1. The molecule has 3 aromatic heterocycles. The van der Waals surface area contributed by atoms with E-state index in [0.717, 1.165) is 5.56 Å². The van der Waals surface area contributed by atoms with Crippen molar-refractivity contribution in [3.63, 3.8) is 0 Å². The van der Waals surface area contributed by atoms with Crippen LogP contribution < -0.4 is 9.47 Å². The molecule has 0 amide bonds. The first-order valence-corrected chi connectivity index (χ1v) is 7.39. The number of pyridine rings is 2. The van der Waals surface area contributed by atoms with Gasteiger partial charge in [0.05, 0.1) is 13.7 Å². The Morgan fingerprint density at radius 1 is 1.21 bits per heavy atom. The molecular weight excluding hydrogens is 312 g/mol. The van der Waals surface area contributed by atoms with Crippen molar-refractivity contribution in [3.8, 4) is 11.6 Å². The number of esters is 1. The number of aromatic nitrogens is 2. The minimum absolute atomic E-state index is 0.00899. The van der Waals surface area contributed by atoms with Gasteiger partial charge in [0.2, 0.25) is 5.88 Å². The zero-order valence-corrected chi connectivity index (χ0v) is 13.3. The van der Waals surface area contributed by atoms with Gasteiger partial charge >= 0.3 is 5.97 Å². The molecule has 7 heteroatoms. The molecule has 0 aliphatic rings. The van der Waals surface area contributed by atoms with Crippen LogP contribution in [-0.2, 0) is 11.3 Å². The van der Waals surface area contributed by atoms with Crippen LogP contribution in [0, 0.1) is 0 Å². The summed E-state index contributed by atoms with van der Waals surface area (Å²) in [5, 5.41) is 0. The number of furan rings is 1. The molecule has 0 spiro atoms. The summed E-state index contributed by atoms with van der Waals surface area (Å²) in [5.74, 6) is 0.146. The molecule has 3 heterocycles. The van der Waals surface area contributed by atoms with E-state index in [1.165, 1.54) is 7.11 Å². The second-order valence-corrected chi connectivity index (χ2v) is 4.83. The summed E-state index contributed by atoms with van der Waals surface area (Å²) in [6, 6.07) is 7.00. The number of methoxy groups -OCH3 is 1. The molecule has 0 aromatic carbocycles. The minimum atomic E-state index is -0.618. The Morgan fingerprint density at radius 3 is 2.88 bits per heavy atom. The first-order chi connectivity index (χ1) is 11.7. The predicted molar refractivity (Wildman–Crippen MR) is 85.1 cm³/mol. The molecule has 0 radical (unpaired) electrons. The third kappa shape index (κ3) is 3.15. The van der Waals surface area contributed by atoms with E-state index in [1.54, 1.807) is 36.7 Å². The Balaban J connectivity index is 1.89. The van der Waals surface area contributed by atoms with Gasteiger partial charge in [0.25, 0.3) is 5.76 Å². The van der Waals surface area contributed by atoms with Crippen molar-refractivity contribution in [1.29, 1.82) is 0 Å². The van der Waals surface area contributed by atoms with Crippen molar-refractivity contribution in [3.05, 3.63) is 48.0 Å². The van der Waals surface area contributed by atoms with Gasteiger partial charge in [0.15, 0.2) is 16.8 Å². The van der Waals surface area contributed by atoms with E-state index < -0.39 is 5.97 Å². The fourth-order valence-corrected chi connectivity index (χ4v) is 2.19. The van der Waals surface area contributed by atoms with Crippen molar-refractivity contribution >= 4 is 17.1 Å². The third-order valence-corrected chi connectivity index (χ3v) is 3.25. The van der Waals surface area contributed by atoms with Crippen LogP contribution in [-0.4, -0.2) is 29.7 Å². The maximum atomic E-state index is 11.9. The molecule has 0 aliphatic heterocycles. The molecule has 0 N–H and O–H groups in total. The highest BCUT2D eigenvalue weighted by molar-refractivity contribution is 5.97. The highest BCUT2D eigenvalue weighted by Crippen LogP contribution is 2.32. The summed E-state index contributed by atoms with van der Waals surface area (Å²) in [6.45, 7) is 2.62. The molecule has 0 saturated carbocycles. The fraction of sp³-hybridized carbons (Fsp3) is 0.235. The van der Waals surface area contributed by atoms with Crippen LogP contribution in [0.2, 0.25) is 0 Å². The van der Waals surface area contributed by atoms with Crippen molar-refractivity contribution in [2.24, 2.45) is 0 Å². The fourth-order valence-electron chi connectivity index (χ4n) is 2.19. The van der Waals surface area contributed by atoms with E-state index in [4.69, 9.17) is 18.6 Å². The van der Waals surface area contributed by atoms with E-state index in [9.17, 15) is 4.79 Å². The number of fused-ring (bicyclic) bond motifs is 1. The number of hydrogen-bond acceptors (Lipinski definition) is 7. The van der Waals surface area contributed by atoms with E-state index in [-0.39, 0.29) is 18.1 Å². The van der Waals surface area contributed by atoms with E-state index in [1.807, 2.05) is 6.92 Å². The third-order valence-electron chi connectivity index (χ3n) is 3.25. The number of hydrogen-bond donors (Lipinski definition) is 0. The number of ether oxygens (including phenoxy) is 3. The highest BCUT2D eigenvalue weighted by Gasteiger charge is 2.23. The van der Waals surface area contributed by atoms with Gasteiger partial charge in [0.1, 0.15) is 6.61 Å². The topological polar surface area (TPSA) is 83.7 Å². The average molecular weight is 328 g/mol. The molecule has 3 rings (SSSR count). The van der Waals surface area contributed by atoms with Gasteiger partial charge in [-0.2, -0.15) is 0 Å². The lowest BCUT2D eigenvalue weighted by Gasteiger charge is -2.07. The lowest BCUT2D eigenvalue weighted by atomic mass is 10.3. The summed E-state index contributed by atoms with van der Waals surface area (Å²) < 4.78 is 21.4. The smallest absolute Gasteiger partial charge is 0.378 e. The Labute approximate surface area is 138 Å². The molecule has 0 bridgehead atoms. The van der Waals surface area contributed by atoms with Gasteiger partial charge in [-0.25, -0.2) is 14.8 Å². The van der Waals surface area contributed by atoms with Gasteiger partial charge in [-0.1, -0.05) is 0 Å². The zero-order chi connectivity index (χ0) is 16.9. The van der Waals surface area contributed by atoms with Crippen LogP contribution in [0.25, 0.3) is 11.1 Å². The predicted octanol–water partition coefficient (Wildman–Crippen LogP) is 2.99. The first kappa shape index (κ1) is 15.8. The molecule has 24 heavy (non-hydrogen) atoms. The monoisotopic (exact) mass is 328 g/mol. The molecule has 124 valence electrons. The zero-order valence-electron chi connectivity index (χ0n) is 13.3. The van der Waals surface area contributed by atoms with Crippen LogP contribution in [0.5, 0.6) is 11.6 Å². The van der Waals surface area contributed by atoms with Gasteiger partial charge in [-0.3, -0.25) is 0 Å². The second-order valence-electron chi connectivity index (χ2n) is 4.83. The summed E-state index contributed by atoms with van der Waals surface area (Å²) >= 11 is 0. The van der Waals surface area contributed by atoms with Gasteiger partial charge in [-0.15, -0.1) is 0 Å². The quantitative estimate of drug-likeness (QED) is 0.643. The lowest BCUT2D eigenvalue weighted by Crippen LogP contribution is -2.04. The summed E-state index contributed by atoms with van der Waals surface area (Å²) in [6.07, 6.45) is 3.24. The summed E-state index contributed by atoms with van der Waals surface area (Å²) in [5.41, 5.74) is 1.77. The van der Waals surface area contributed by atoms with Gasteiger partial charge in [0, 0.05) is 18.5 Å². The first-order valence-electron chi connectivity index (χ1n) is 7.39. The van der Waals surface area contributed by atoms with Crippen molar-refractivity contribution in [2.75, 3.05) is 13.7 Å². The van der Waals surface area contributed by atoms with Gasteiger partial charge < -0.3 is 18.6 Å².